The third kappa shape index (κ3) is 3.03. The highest BCUT2D eigenvalue weighted by Gasteiger charge is 2.40. The van der Waals surface area contributed by atoms with Crippen LogP contribution in [0.1, 0.15) is 16.8 Å². The predicted molar refractivity (Wildman–Crippen MR) is 75.1 cm³/mol. The molecule has 0 bridgehead atoms. The van der Waals surface area contributed by atoms with Crippen LogP contribution >= 0.6 is 0 Å². The number of anilines is 1. The van der Waals surface area contributed by atoms with Gasteiger partial charge in [0.05, 0.1) is 25.5 Å². The maximum atomic E-state index is 13.1. The minimum absolute atomic E-state index is 0.188. The summed E-state index contributed by atoms with van der Waals surface area (Å²) in [5.74, 6) is -0.926. The number of esters is 1. The van der Waals surface area contributed by atoms with Crippen molar-refractivity contribution in [1.82, 2.24) is 0 Å². The van der Waals surface area contributed by atoms with E-state index in [1.54, 1.807) is 0 Å². The van der Waals surface area contributed by atoms with Crippen molar-refractivity contribution in [3.8, 4) is 5.75 Å². The normalized spacial score (nSPS) is 18.4. The lowest BCUT2D eigenvalue weighted by Crippen LogP contribution is -2.27. The summed E-state index contributed by atoms with van der Waals surface area (Å²) >= 11 is 0. The number of nitrogens with zero attached hydrogens (tertiary/aromatic N) is 1. The van der Waals surface area contributed by atoms with Crippen molar-refractivity contribution in [2.75, 3.05) is 25.7 Å². The van der Waals surface area contributed by atoms with E-state index in [1.807, 2.05) is 0 Å². The molecule has 0 aliphatic carbocycles. The van der Waals surface area contributed by atoms with Crippen molar-refractivity contribution in [1.29, 1.82) is 0 Å². The molecule has 9 heteroatoms. The van der Waals surface area contributed by atoms with E-state index in [-0.39, 0.29) is 23.5 Å². The van der Waals surface area contributed by atoms with Crippen molar-refractivity contribution in [3.05, 3.63) is 23.8 Å². The SMILES string of the molecule is COC(=O)c1ccc(N2CC(S(=O)(=O)F)CC2=O)c(OC)c1. The molecule has 1 fully saturated rings. The van der Waals surface area contributed by atoms with E-state index < -0.39 is 33.8 Å². The van der Waals surface area contributed by atoms with E-state index in [1.165, 1.54) is 32.4 Å². The number of ether oxygens (including phenoxy) is 2. The Bertz CT molecular complexity index is 717. The Kier molecular flexibility index (Phi) is 4.36. The molecule has 1 heterocycles. The average molecular weight is 331 g/mol. The molecule has 22 heavy (non-hydrogen) atoms. The molecule has 0 spiro atoms. The van der Waals surface area contributed by atoms with Crippen molar-refractivity contribution >= 4 is 27.8 Å². The van der Waals surface area contributed by atoms with Gasteiger partial charge in [-0.2, -0.15) is 8.42 Å². The molecular weight excluding hydrogens is 317 g/mol. The van der Waals surface area contributed by atoms with Gasteiger partial charge in [0, 0.05) is 13.0 Å². The molecule has 1 amide bonds. The zero-order chi connectivity index (χ0) is 16.5. The zero-order valence-corrected chi connectivity index (χ0v) is 12.7. The average Bonchev–Trinajstić information content (AvgIpc) is 2.87. The third-order valence-corrected chi connectivity index (χ3v) is 4.49. The minimum Gasteiger partial charge on any atom is -0.495 e. The topological polar surface area (TPSA) is 90.0 Å². The summed E-state index contributed by atoms with van der Waals surface area (Å²) in [7, 11) is -2.24. The van der Waals surface area contributed by atoms with Crippen LogP contribution in [0, 0.1) is 0 Å². The third-order valence-electron chi connectivity index (χ3n) is 3.38. The van der Waals surface area contributed by atoms with Gasteiger partial charge in [-0.15, -0.1) is 3.89 Å². The fourth-order valence-corrected chi connectivity index (χ4v) is 2.91. The first-order valence-electron chi connectivity index (χ1n) is 6.28. The molecule has 120 valence electrons. The standard InChI is InChI=1S/C13H14FNO6S/c1-20-11-5-8(13(17)21-2)3-4-10(11)15-7-9(6-12(15)16)22(14,18)19/h3-5,9H,6-7H2,1-2H3. The Morgan fingerprint density at radius 1 is 1.36 bits per heavy atom. The number of carbonyl (C=O) groups excluding carboxylic acids is 2. The Labute approximate surface area is 126 Å². The number of amides is 1. The summed E-state index contributed by atoms with van der Waals surface area (Å²) in [4.78, 5) is 24.5. The first kappa shape index (κ1) is 16.2. The molecule has 0 saturated carbocycles. The Balaban J connectivity index is 2.37. The first-order valence-corrected chi connectivity index (χ1v) is 7.72. The molecule has 1 aliphatic heterocycles. The van der Waals surface area contributed by atoms with Crippen LogP contribution in [0.25, 0.3) is 0 Å². The summed E-state index contributed by atoms with van der Waals surface area (Å²) in [6, 6.07) is 4.20. The zero-order valence-electron chi connectivity index (χ0n) is 11.9. The molecule has 2 rings (SSSR count). The van der Waals surface area contributed by atoms with Gasteiger partial charge in [0.2, 0.25) is 5.91 Å². The van der Waals surface area contributed by atoms with Gasteiger partial charge in [0.1, 0.15) is 11.0 Å². The number of carbonyl (C=O) groups is 2. The van der Waals surface area contributed by atoms with Crippen LogP contribution in [0.15, 0.2) is 18.2 Å². The maximum Gasteiger partial charge on any atom is 0.337 e. The van der Waals surface area contributed by atoms with Gasteiger partial charge < -0.3 is 14.4 Å². The number of benzene rings is 1. The predicted octanol–water partition coefficient (Wildman–Crippen LogP) is 0.886. The second-order valence-electron chi connectivity index (χ2n) is 4.68. The Morgan fingerprint density at radius 2 is 2.05 bits per heavy atom. The molecule has 1 saturated heterocycles. The highest BCUT2D eigenvalue weighted by Crippen LogP contribution is 2.34. The highest BCUT2D eigenvalue weighted by atomic mass is 32.3. The smallest absolute Gasteiger partial charge is 0.337 e. The first-order chi connectivity index (χ1) is 10.3. The van der Waals surface area contributed by atoms with E-state index in [0.29, 0.717) is 0 Å². The lowest BCUT2D eigenvalue weighted by molar-refractivity contribution is -0.117. The van der Waals surface area contributed by atoms with Crippen molar-refractivity contribution in [2.45, 2.75) is 11.7 Å². The van der Waals surface area contributed by atoms with E-state index in [2.05, 4.69) is 4.74 Å². The number of hydrogen-bond donors (Lipinski definition) is 0. The molecule has 1 aromatic carbocycles. The highest BCUT2D eigenvalue weighted by molar-refractivity contribution is 7.87. The second kappa shape index (κ2) is 5.91. The van der Waals surface area contributed by atoms with Crippen LogP contribution in [0.2, 0.25) is 0 Å². The molecular formula is C13H14FNO6S. The molecule has 0 N–H and O–H groups in total. The van der Waals surface area contributed by atoms with Crippen LogP contribution in [-0.2, 0) is 19.8 Å². The van der Waals surface area contributed by atoms with Crippen LogP contribution in [0.4, 0.5) is 9.57 Å². The van der Waals surface area contributed by atoms with E-state index in [4.69, 9.17) is 4.74 Å². The summed E-state index contributed by atoms with van der Waals surface area (Å²) in [6.45, 7) is -0.300. The molecule has 1 unspecified atom stereocenters. The van der Waals surface area contributed by atoms with Gasteiger partial charge >= 0.3 is 16.2 Å². The minimum atomic E-state index is -4.80. The summed E-state index contributed by atoms with van der Waals surface area (Å²) < 4.78 is 44.7. The van der Waals surface area contributed by atoms with Gasteiger partial charge in [0.25, 0.3) is 0 Å². The van der Waals surface area contributed by atoms with E-state index >= 15 is 0 Å². The summed E-state index contributed by atoms with van der Waals surface area (Å²) in [6.07, 6.45) is -0.430. The van der Waals surface area contributed by atoms with Gasteiger partial charge in [0.15, 0.2) is 0 Å². The Morgan fingerprint density at radius 3 is 2.55 bits per heavy atom. The van der Waals surface area contributed by atoms with Crippen LogP contribution in [-0.4, -0.2) is 46.3 Å². The van der Waals surface area contributed by atoms with Crippen molar-refractivity contribution in [3.63, 3.8) is 0 Å². The summed E-state index contributed by atoms with van der Waals surface area (Å²) in [5.41, 5.74) is 0.482. The summed E-state index contributed by atoms with van der Waals surface area (Å²) in [5, 5.41) is -1.40. The van der Waals surface area contributed by atoms with Crippen molar-refractivity contribution < 1.29 is 31.4 Å². The number of hydrogen-bond acceptors (Lipinski definition) is 6. The van der Waals surface area contributed by atoms with E-state index in [0.717, 1.165) is 4.90 Å². The van der Waals surface area contributed by atoms with Crippen LogP contribution in [0.5, 0.6) is 5.75 Å². The van der Waals surface area contributed by atoms with Gasteiger partial charge in [-0.05, 0) is 18.2 Å². The monoisotopic (exact) mass is 331 g/mol. The largest absolute Gasteiger partial charge is 0.495 e. The molecule has 1 atom stereocenters. The Hall–Kier alpha value is -2.16. The fourth-order valence-electron chi connectivity index (χ4n) is 2.24. The molecule has 1 aliphatic rings. The molecule has 0 radical (unpaired) electrons. The fraction of sp³-hybridized carbons (Fsp3) is 0.385. The van der Waals surface area contributed by atoms with Gasteiger partial charge in [-0.25, -0.2) is 4.79 Å². The van der Waals surface area contributed by atoms with Crippen LogP contribution < -0.4 is 9.64 Å². The van der Waals surface area contributed by atoms with Gasteiger partial charge in [-0.1, -0.05) is 0 Å². The van der Waals surface area contributed by atoms with E-state index in [9.17, 15) is 21.9 Å². The quantitative estimate of drug-likeness (QED) is 0.601. The number of methoxy groups -OCH3 is 2. The number of halogens is 1. The number of rotatable bonds is 4. The van der Waals surface area contributed by atoms with Gasteiger partial charge in [-0.3, -0.25) is 4.79 Å². The molecule has 0 aromatic heterocycles. The maximum absolute atomic E-state index is 13.1. The van der Waals surface area contributed by atoms with Crippen molar-refractivity contribution in [2.24, 2.45) is 0 Å². The molecule has 7 nitrogen and oxygen atoms in total. The lowest BCUT2D eigenvalue weighted by Gasteiger charge is -2.19. The second-order valence-corrected chi connectivity index (χ2v) is 6.30. The van der Waals surface area contributed by atoms with Crippen LogP contribution in [0.3, 0.4) is 0 Å². The lowest BCUT2D eigenvalue weighted by atomic mass is 10.1. The molecule has 1 aromatic rings.